The van der Waals surface area contributed by atoms with Crippen molar-refractivity contribution in [3.8, 4) is 0 Å². The first-order valence-corrected chi connectivity index (χ1v) is 26.5. The quantitative estimate of drug-likeness (QED) is 0.258. The molecule has 61 heavy (non-hydrogen) atoms. The van der Waals surface area contributed by atoms with Crippen LogP contribution in [0.1, 0.15) is 225 Å². The summed E-state index contributed by atoms with van der Waals surface area (Å²) in [6.07, 6.45) is 11.0. The highest BCUT2D eigenvalue weighted by molar-refractivity contribution is 4.97. The van der Waals surface area contributed by atoms with Gasteiger partial charge in [0.15, 0.2) is 0 Å². The van der Waals surface area contributed by atoms with E-state index in [0.29, 0.717) is 65.3 Å². The van der Waals surface area contributed by atoms with Crippen molar-refractivity contribution in [3.05, 3.63) is 0 Å². The molecule has 0 saturated carbocycles. The Morgan fingerprint density at radius 2 is 0.721 bits per heavy atom. The van der Waals surface area contributed by atoms with Crippen LogP contribution >= 0.6 is 0 Å². The largest absolute Gasteiger partial charge is 0.375 e. The van der Waals surface area contributed by atoms with Crippen molar-refractivity contribution < 1.29 is 18.9 Å². The van der Waals surface area contributed by atoms with E-state index in [1.54, 1.807) is 0 Å². The lowest BCUT2D eigenvalue weighted by Crippen LogP contribution is -2.61. The summed E-state index contributed by atoms with van der Waals surface area (Å²) in [6, 6.07) is 2.13. The van der Waals surface area contributed by atoms with E-state index in [4.69, 9.17) is 18.9 Å². The topological polar surface area (TPSA) is 49.9 Å². The summed E-state index contributed by atoms with van der Waals surface area (Å²) >= 11 is 0. The molecule has 10 heterocycles. The third-order valence-electron chi connectivity index (χ3n) is 11.4. The highest BCUT2D eigenvalue weighted by Gasteiger charge is 2.44. The van der Waals surface area contributed by atoms with Crippen LogP contribution in [0, 0.1) is 0 Å². The molecule has 374 valence electrons. The van der Waals surface area contributed by atoms with Crippen molar-refractivity contribution in [2.45, 2.75) is 297 Å². The lowest BCUT2D eigenvalue weighted by Gasteiger charge is -2.51. The smallest absolute Gasteiger partial charge is 0.0731 e. The molecule has 10 fully saturated rings. The fourth-order valence-corrected chi connectivity index (χ4v) is 8.50. The van der Waals surface area contributed by atoms with E-state index in [2.05, 4.69) is 95.8 Å². The summed E-state index contributed by atoms with van der Waals surface area (Å²) in [5.74, 6) is 0. The number of piperidine rings is 2. The zero-order chi connectivity index (χ0) is 48.7. The predicted octanol–water partition coefficient (Wildman–Crippen LogP) is 13.6. The average Bonchev–Trinajstić information content (AvgIpc) is 4.03. The molecule has 10 aliphatic rings. The van der Waals surface area contributed by atoms with Gasteiger partial charge in [-0.2, -0.15) is 0 Å². The van der Waals surface area contributed by atoms with Gasteiger partial charge >= 0.3 is 0 Å². The van der Waals surface area contributed by atoms with Crippen LogP contribution in [0.5, 0.6) is 0 Å². The predicted molar refractivity (Wildman–Crippen MR) is 274 cm³/mol. The molecule has 0 radical (unpaired) electrons. The number of hydrogen-bond acceptors (Lipinski definition) is 8. The van der Waals surface area contributed by atoms with E-state index in [-0.39, 0.29) is 0 Å². The highest BCUT2D eigenvalue weighted by atomic mass is 16.5. The van der Waals surface area contributed by atoms with Crippen molar-refractivity contribution in [1.82, 2.24) is 19.6 Å². The van der Waals surface area contributed by atoms with E-state index in [1.165, 1.54) is 45.1 Å². The van der Waals surface area contributed by atoms with E-state index >= 15 is 0 Å². The summed E-state index contributed by atoms with van der Waals surface area (Å²) in [7, 11) is 0. The van der Waals surface area contributed by atoms with Gasteiger partial charge in [0.25, 0.3) is 0 Å². The Kier molecular flexibility index (Phi) is 40.6. The Bertz CT molecular complexity index is 910. The molecule has 0 aliphatic carbocycles. The van der Waals surface area contributed by atoms with Gasteiger partial charge in [0.05, 0.1) is 49.8 Å². The van der Waals surface area contributed by atoms with Crippen LogP contribution in [-0.4, -0.2) is 143 Å². The molecule has 8 heteroatoms. The molecule has 0 aromatic rings. The molecule has 0 spiro atoms. The van der Waals surface area contributed by atoms with Crippen LogP contribution in [0.15, 0.2) is 0 Å². The summed E-state index contributed by atoms with van der Waals surface area (Å²) < 4.78 is 22.5. The highest BCUT2D eigenvalue weighted by Crippen LogP contribution is 2.34. The molecule has 10 aliphatic heterocycles. The monoisotopic (exact) mass is 875 g/mol. The standard InChI is InChI=1S/C10H19NO.3C9H17NO.8C2H6/c1-10(2,3)11-6-8-4-5-9(7-11)12-8;1-9(2,3)10-5-8-4-7(10)6-11-8;1-9(2,3)10-5-7-4-8(6-10)11-7;1-7(2)10-5-9-4-3-8(10)6-11-9;8*1-2/h8-9H,4-7H2,1-3H3;2*7-8H,4-6H2,1-3H3;7-9H,3-6H2,1-2H3;8*1-2H3. The molecule has 0 aromatic carbocycles. The minimum atomic E-state index is 0.324. The number of rotatable bonds is 1. The molecule has 8 unspecified atom stereocenters. The number of ether oxygens (including phenoxy) is 4. The number of likely N-dealkylation sites (tertiary alicyclic amines) is 2. The molecule has 10 saturated heterocycles. The lowest BCUT2D eigenvalue weighted by atomic mass is 9.94. The third kappa shape index (κ3) is 24.7. The summed E-state index contributed by atoms with van der Waals surface area (Å²) in [5.41, 5.74) is 0.995. The maximum Gasteiger partial charge on any atom is 0.0731 e. The number of fused-ring (bicyclic) bond motifs is 9. The second-order valence-corrected chi connectivity index (χ2v) is 18.4. The zero-order valence-corrected chi connectivity index (χ0v) is 47.0. The van der Waals surface area contributed by atoms with Crippen molar-refractivity contribution in [1.29, 1.82) is 0 Å². The molecular formula is C53H118N4O4. The van der Waals surface area contributed by atoms with Crippen LogP contribution in [0.3, 0.4) is 0 Å². The van der Waals surface area contributed by atoms with Gasteiger partial charge in [-0.3, -0.25) is 19.6 Å². The van der Waals surface area contributed by atoms with Gasteiger partial charge in [0, 0.05) is 80.4 Å². The first-order valence-electron chi connectivity index (χ1n) is 26.5. The molecule has 0 amide bonds. The van der Waals surface area contributed by atoms with Crippen LogP contribution in [0.4, 0.5) is 0 Å². The maximum atomic E-state index is 5.78. The number of hydrogen-bond donors (Lipinski definition) is 0. The molecule has 8 atom stereocenters. The Hall–Kier alpha value is -0.320. The zero-order valence-electron chi connectivity index (χ0n) is 47.0. The third-order valence-corrected chi connectivity index (χ3v) is 11.4. The van der Waals surface area contributed by atoms with Gasteiger partial charge in [0.2, 0.25) is 0 Å². The Morgan fingerprint density at radius 3 is 0.934 bits per heavy atom. The first-order chi connectivity index (χ1) is 29.0. The molecule has 10 rings (SSSR count). The Morgan fingerprint density at radius 1 is 0.377 bits per heavy atom. The normalized spacial score (nSPS) is 28.9. The second-order valence-electron chi connectivity index (χ2n) is 18.4. The van der Waals surface area contributed by atoms with Crippen LogP contribution < -0.4 is 0 Å². The van der Waals surface area contributed by atoms with Crippen molar-refractivity contribution in [2.75, 3.05) is 52.5 Å². The molecular weight excluding hydrogens is 757 g/mol. The van der Waals surface area contributed by atoms with E-state index in [0.717, 1.165) is 52.0 Å². The van der Waals surface area contributed by atoms with Gasteiger partial charge in [-0.15, -0.1) is 0 Å². The average molecular weight is 876 g/mol. The molecule has 8 nitrogen and oxygen atoms in total. The van der Waals surface area contributed by atoms with Crippen LogP contribution in [0.25, 0.3) is 0 Å². The first kappa shape index (κ1) is 67.3. The number of morpholine rings is 4. The van der Waals surface area contributed by atoms with E-state index < -0.39 is 0 Å². The second kappa shape index (κ2) is 36.8. The SMILES string of the molecule is CC.CC.CC.CC.CC.CC.CC.CC.CC(C)(C)N1CC2CC(C1)O2.CC(C)(C)N1CC2CC1CO2.CC(C)(C)N1CC2CCC(C1)O2.CC(C)N1CC2CCC1CO2. The maximum absolute atomic E-state index is 5.78. The minimum Gasteiger partial charge on any atom is -0.375 e. The van der Waals surface area contributed by atoms with Crippen LogP contribution in [-0.2, 0) is 18.9 Å². The van der Waals surface area contributed by atoms with Gasteiger partial charge in [-0.1, -0.05) is 111 Å². The summed E-state index contributed by atoms with van der Waals surface area (Å²) in [6.45, 7) is 65.9. The van der Waals surface area contributed by atoms with Crippen molar-refractivity contribution in [2.24, 2.45) is 0 Å². The van der Waals surface area contributed by atoms with E-state index in [9.17, 15) is 0 Å². The molecule has 8 bridgehead atoms. The Labute approximate surface area is 386 Å². The van der Waals surface area contributed by atoms with Crippen molar-refractivity contribution >= 4 is 0 Å². The number of nitrogens with zero attached hydrogens (tertiary/aromatic N) is 4. The molecule has 0 aromatic heterocycles. The van der Waals surface area contributed by atoms with Crippen LogP contribution in [0.2, 0.25) is 0 Å². The summed E-state index contributed by atoms with van der Waals surface area (Å²) in [4.78, 5) is 10.2. The fourth-order valence-electron chi connectivity index (χ4n) is 8.50. The fraction of sp³-hybridized carbons (Fsp3) is 1.00. The summed E-state index contributed by atoms with van der Waals surface area (Å²) in [5, 5.41) is 0. The van der Waals surface area contributed by atoms with Gasteiger partial charge in [-0.25, -0.2) is 0 Å². The van der Waals surface area contributed by atoms with Gasteiger partial charge < -0.3 is 18.9 Å². The van der Waals surface area contributed by atoms with Gasteiger partial charge in [-0.05, 0) is 108 Å². The minimum absolute atomic E-state index is 0.324. The Balaban J connectivity index is -0.000000319. The van der Waals surface area contributed by atoms with E-state index in [1.807, 2.05) is 111 Å². The van der Waals surface area contributed by atoms with Gasteiger partial charge in [0.1, 0.15) is 0 Å². The lowest BCUT2D eigenvalue weighted by molar-refractivity contribution is -0.195. The van der Waals surface area contributed by atoms with Crippen molar-refractivity contribution in [3.63, 3.8) is 0 Å². The molecule has 0 N–H and O–H groups in total.